The number of benzene rings is 2. The highest BCUT2D eigenvalue weighted by Gasteiger charge is 2.17. The highest BCUT2D eigenvalue weighted by molar-refractivity contribution is 7.22. The number of nitrogens with zero attached hydrogens (tertiary/aromatic N) is 2. The molecule has 1 aromatic heterocycles. The van der Waals surface area contributed by atoms with Crippen molar-refractivity contribution in [2.24, 2.45) is 0 Å². The molecule has 0 unspecified atom stereocenters. The molecule has 1 amide bonds. The number of hydrogen-bond acceptors (Lipinski definition) is 4. The van der Waals surface area contributed by atoms with Crippen molar-refractivity contribution in [3.8, 4) is 0 Å². The number of aromatic nitrogens is 1. The molecule has 0 bridgehead atoms. The van der Waals surface area contributed by atoms with E-state index < -0.39 is 0 Å². The van der Waals surface area contributed by atoms with Crippen LogP contribution in [0.15, 0.2) is 48.5 Å². The topological polar surface area (TPSA) is 45.2 Å². The van der Waals surface area contributed by atoms with E-state index in [0.717, 1.165) is 34.0 Å². The van der Waals surface area contributed by atoms with Gasteiger partial charge in [-0.1, -0.05) is 41.7 Å². The van der Waals surface area contributed by atoms with Gasteiger partial charge in [-0.3, -0.25) is 4.79 Å². The smallest absolute Gasteiger partial charge is 0.251 e. The summed E-state index contributed by atoms with van der Waals surface area (Å²) < 4.78 is 1.07. The lowest BCUT2D eigenvalue weighted by molar-refractivity contribution is 0.0940. The zero-order chi connectivity index (χ0) is 17.9. The molecule has 2 heterocycles. The van der Waals surface area contributed by atoms with Crippen LogP contribution in [0.5, 0.6) is 0 Å². The number of carbonyl (C=O) groups is 1. The molecule has 1 atom stereocenters. The summed E-state index contributed by atoms with van der Waals surface area (Å²) in [5, 5.41) is 4.16. The predicted molar refractivity (Wildman–Crippen MR) is 108 cm³/mol. The summed E-state index contributed by atoms with van der Waals surface area (Å²) in [4.78, 5) is 19.8. The number of nitrogens with one attached hydrogen (secondary N) is 1. The van der Waals surface area contributed by atoms with E-state index in [1.165, 1.54) is 19.3 Å². The van der Waals surface area contributed by atoms with Gasteiger partial charge in [0.2, 0.25) is 0 Å². The second-order valence-electron chi connectivity index (χ2n) is 6.83. The van der Waals surface area contributed by atoms with Gasteiger partial charge in [0, 0.05) is 18.7 Å². The van der Waals surface area contributed by atoms with Crippen LogP contribution in [0.1, 0.15) is 48.1 Å². The molecule has 1 aliphatic rings. The van der Waals surface area contributed by atoms with E-state index in [9.17, 15) is 4.79 Å². The average Bonchev–Trinajstić information content (AvgIpc) is 3.12. The fraction of sp³-hybridized carbons (Fsp3) is 0.333. The molecule has 5 heteroatoms. The first kappa shape index (κ1) is 17.0. The van der Waals surface area contributed by atoms with E-state index in [1.54, 1.807) is 11.3 Å². The summed E-state index contributed by atoms with van der Waals surface area (Å²) >= 11 is 1.69. The molecule has 0 aliphatic carbocycles. The Kier molecular flexibility index (Phi) is 4.89. The van der Waals surface area contributed by atoms with Crippen LogP contribution in [0.2, 0.25) is 0 Å². The number of fused-ring (bicyclic) bond motifs is 1. The minimum absolute atomic E-state index is 0.0234. The number of anilines is 1. The highest BCUT2D eigenvalue weighted by Crippen LogP contribution is 2.31. The van der Waals surface area contributed by atoms with Crippen LogP contribution in [0.4, 0.5) is 5.13 Å². The average molecular weight is 366 g/mol. The van der Waals surface area contributed by atoms with Crippen LogP contribution in [-0.4, -0.2) is 24.0 Å². The van der Waals surface area contributed by atoms with Crippen molar-refractivity contribution >= 4 is 32.6 Å². The maximum absolute atomic E-state index is 12.6. The second-order valence-corrected chi connectivity index (χ2v) is 7.84. The van der Waals surface area contributed by atoms with E-state index in [0.29, 0.717) is 5.56 Å². The summed E-state index contributed by atoms with van der Waals surface area (Å²) in [6, 6.07) is 15.8. The van der Waals surface area contributed by atoms with Gasteiger partial charge in [0.1, 0.15) is 0 Å². The Morgan fingerprint density at radius 2 is 1.88 bits per heavy atom. The van der Waals surface area contributed by atoms with Crippen LogP contribution in [-0.2, 0) is 0 Å². The third kappa shape index (κ3) is 3.58. The first-order valence-electron chi connectivity index (χ1n) is 9.22. The Morgan fingerprint density at radius 1 is 1.12 bits per heavy atom. The zero-order valence-corrected chi connectivity index (χ0v) is 15.8. The van der Waals surface area contributed by atoms with Crippen molar-refractivity contribution in [1.29, 1.82) is 0 Å². The molecule has 26 heavy (non-hydrogen) atoms. The van der Waals surface area contributed by atoms with Gasteiger partial charge in [0.15, 0.2) is 5.13 Å². The number of thiazole rings is 1. The molecule has 3 aromatic rings. The normalized spacial score (nSPS) is 15.8. The maximum Gasteiger partial charge on any atom is 0.251 e. The highest BCUT2D eigenvalue weighted by atomic mass is 32.1. The van der Waals surface area contributed by atoms with Gasteiger partial charge in [0.25, 0.3) is 5.91 Å². The molecule has 1 aliphatic heterocycles. The number of carbonyl (C=O) groups excluding carboxylic acids is 1. The summed E-state index contributed by atoms with van der Waals surface area (Å²) in [7, 11) is 0. The van der Waals surface area contributed by atoms with E-state index in [-0.39, 0.29) is 11.9 Å². The van der Waals surface area contributed by atoms with Crippen molar-refractivity contribution in [3.05, 3.63) is 59.7 Å². The first-order valence-corrected chi connectivity index (χ1v) is 10.0. The van der Waals surface area contributed by atoms with Crippen LogP contribution < -0.4 is 10.2 Å². The van der Waals surface area contributed by atoms with Crippen molar-refractivity contribution < 1.29 is 4.79 Å². The van der Waals surface area contributed by atoms with Crippen molar-refractivity contribution in [1.82, 2.24) is 10.3 Å². The summed E-state index contributed by atoms with van der Waals surface area (Å²) in [5.74, 6) is -0.0452. The molecule has 0 saturated carbocycles. The van der Waals surface area contributed by atoms with E-state index in [4.69, 9.17) is 4.98 Å². The minimum Gasteiger partial charge on any atom is -0.348 e. The number of piperidine rings is 1. The molecule has 0 radical (unpaired) electrons. The first-order chi connectivity index (χ1) is 12.7. The largest absolute Gasteiger partial charge is 0.348 e. The Balaban J connectivity index is 1.52. The lowest BCUT2D eigenvalue weighted by Crippen LogP contribution is -2.29. The van der Waals surface area contributed by atoms with Crippen LogP contribution in [0, 0.1) is 0 Å². The Bertz CT molecular complexity index is 900. The SMILES string of the molecule is C[C@@H](NC(=O)c1ccc2nc(N3CCCCC3)sc2c1)c1ccccc1. The molecule has 0 spiro atoms. The number of rotatable bonds is 4. The molecular formula is C21H23N3OS. The zero-order valence-electron chi connectivity index (χ0n) is 14.9. The van der Waals surface area contributed by atoms with Gasteiger partial charge >= 0.3 is 0 Å². The van der Waals surface area contributed by atoms with Gasteiger partial charge in [-0.25, -0.2) is 4.98 Å². The van der Waals surface area contributed by atoms with Gasteiger partial charge < -0.3 is 10.2 Å². The Labute approximate surface area is 157 Å². The van der Waals surface area contributed by atoms with E-state index in [1.807, 2.05) is 55.5 Å². The van der Waals surface area contributed by atoms with E-state index >= 15 is 0 Å². The van der Waals surface area contributed by atoms with Crippen molar-refractivity contribution in [2.75, 3.05) is 18.0 Å². The molecule has 1 fully saturated rings. The van der Waals surface area contributed by atoms with E-state index in [2.05, 4.69) is 10.2 Å². The monoisotopic (exact) mass is 365 g/mol. The molecule has 2 aromatic carbocycles. The lowest BCUT2D eigenvalue weighted by Gasteiger charge is -2.25. The molecule has 1 N–H and O–H groups in total. The van der Waals surface area contributed by atoms with Gasteiger partial charge in [0.05, 0.1) is 16.3 Å². The Hall–Kier alpha value is -2.40. The predicted octanol–water partition coefficient (Wildman–Crippen LogP) is 4.78. The Morgan fingerprint density at radius 3 is 2.65 bits per heavy atom. The van der Waals surface area contributed by atoms with Crippen LogP contribution >= 0.6 is 11.3 Å². The molecule has 1 saturated heterocycles. The fourth-order valence-corrected chi connectivity index (χ4v) is 4.44. The summed E-state index contributed by atoms with van der Waals surface area (Å²) in [6.07, 6.45) is 3.78. The van der Waals surface area contributed by atoms with Gasteiger partial charge in [-0.15, -0.1) is 0 Å². The number of amides is 1. The number of hydrogen-bond donors (Lipinski definition) is 1. The molecule has 4 nitrogen and oxygen atoms in total. The molecular weight excluding hydrogens is 342 g/mol. The molecule has 4 rings (SSSR count). The van der Waals surface area contributed by atoms with Crippen LogP contribution in [0.25, 0.3) is 10.2 Å². The quantitative estimate of drug-likeness (QED) is 0.724. The molecule has 134 valence electrons. The third-order valence-corrected chi connectivity index (χ3v) is 5.99. The fourth-order valence-electron chi connectivity index (χ4n) is 3.38. The standard InChI is InChI=1S/C21H23N3OS/c1-15(16-8-4-2-5-9-16)22-20(25)17-10-11-18-19(14-17)26-21(23-18)24-12-6-3-7-13-24/h2,4-5,8-11,14-15H,3,6-7,12-13H2,1H3,(H,22,25)/t15-/m1/s1. The summed E-state index contributed by atoms with van der Waals surface area (Å²) in [6.45, 7) is 4.18. The lowest BCUT2D eigenvalue weighted by atomic mass is 10.1. The van der Waals surface area contributed by atoms with Crippen molar-refractivity contribution in [3.63, 3.8) is 0 Å². The summed E-state index contributed by atoms with van der Waals surface area (Å²) in [5.41, 5.74) is 2.77. The minimum atomic E-state index is -0.0452. The third-order valence-electron chi connectivity index (χ3n) is 4.91. The van der Waals surface area contributed by atoms with Crippen molar-refractivity contribution in [2.45, 2.75) is 32.2 Å². The maximum atomic E-state index is 12.6. The van der Waals surface area contributed by atoms with Crippen LogP contribution in [0.3, 0.4) is 0 Å². The van der Waals surface area contributed by atoms with Gasteiger partial charge in [-0.2, -0.15) is 0 Å². The van der Waals surface area contributed by atoms with Gasteiger partial charge in [-0.05, 0) is 49.9 Å². The second kappa shape index (κ2) is 7.46.